The van der Waals surface area contributed by atoms with Crippen molar-refractivity contribution in [1.82, 2.24) is 5.32 Å². The number of nitrogens with one attached hydrogen (secondary N) is 1. The fraction of sp³-hybridized carbons (Fsp3) is 0.421. The van der Waals surface area contributed by atoms with Crippen molar-refractivity contribution in [1.29, 1.82) is 0 Å². The molecule has 2 N–H and O–H groups in total. The molecule has 1 fully saturated rings. The highest BCUT2D eigenvalue weighted by Gasteiger charge is 2.41. The molecule has 1 atom stereocenters. The molecule has 0 saturated carbocycles. The van der Waals surface area contributed by atoms with E-state index in [2.05, 4.69) is 5.32 Å². The molecular weight excluding hydrogens is 322 g/mol. The number of hydrogen-bond donors (Lipinski definition) is 2. The normalized spacial score (nSPS) is 18.0. The van der Waals surface area contributed by atoms with Gasteiger partial charge in [0.1, 0.15) is 0 Å². The highest BCUT2D eigenvalue weighted by atomic mass is 32.1. The maximum Gasteiger partial charge on any atom is 0.230 e. The van der Waals surface area contributed by atoms with E-state index < -0.39 is 11.5 Å². The lowest BCUT2D eigenvalue weighted by atomic mass is 9.73. The fourth-order valence-corrected chi connectivity index (χ4v) is 3.98. The van der Waals surface area contributed by atoms with Crippen LogP contribution in [0.15, 0.2) is 47.8 Å². The van der Waals surface area contributed by atoms with Crippen LogP contribution in [-0.2, 0) is 14.9 Å². The lowest BCUT2D eigenvalue weighted by Gasteiger charge is -2.36. The summed E-state index contributed by atoms with van der Waals surface area (Å²) in [6.45, 7) is 1.66. The van der Waals surface area contributed by atoms with Crippen LogP contribution in [0.1, 0.15) is 35.8 Å². The molecule has 2 aromatic rings. The second kappa shape index (κ2) is 7.92. The van der Waals surface area contributed by atoms with Crippen molar-refractivity contribution >= 4 is 17.2 Å². The minimum Gasteiger partial charge on any atom is -0.388 e. The number of hydrogen-bond acceptors (Lipinski definition) is 4. The molecule has 0 radical (unpaired) electrons. The Morgan fingerprint density at radius 2 is 1.96 bits per heavy atom. The predicted octanol–water partition coefficient (Wildman–Crippen LogP) is 3.04. The van der Waals surface area contributed by atoms with Gasteiger partial charge < -0.3 is 15.2 Å². The Bertz CT molecular complexity index is 636. The molecule has 0 unspecified atom stereocenters. The number of carbonyl (C=O) groups excluding carboxylic acids is 1. The minimum absolute atomic E-state index is 0.0374. The number of amides is 1. The second-order valence-electron chi connectivity index (χ2n) is 6.14. The maximum absolute atomic E-state index is 12.9. The topological polar surface area (TPSA) is 58.6 Å². The minimum atomic E-state index is -0.521. The van der Waals surface area contributed by atoms with E-state index in [-0.39, 0.29) is 5.91 Å². The Morgan fingerprint density at radius 3 is 2.62 bits per heavy atom. The number of aliphatic hydroxyl groups excluding tert-OH is 1. The van der Waals surface area contributed by atoms with Crippen LogP contribution in [0.3, 0.4) is 0 Å². The van der Waals surface area contributed by atoms with Crippen molar-refractivity contribution in [2.45, 2.75) is 30.8 Å². The van der Waals surface area contributed by atoms with Crippen LogP contribution in [0.25, 0.3) is 0 Å². The predicted molar refractivity (Wildman–Crippen MR) is 95.1 cm³/mol. The van der Waals surface area contributed by atoms with Crippen LogP contribution in [0.2, 0.25) is 0 Å². The number of ether oxygens (including phenoxy) is 1. The molecule has 1 aromatic heterocycles. The molecule has 1 saturated heterocycles. The molecule has 1 aliphatic rings. The van der Waals surface area contributed by atoms with E-state index in [1.807, 2.05) is 47.8 Å². The number of thiophene rings is 1. The Kier molecular flexibility index (Phi) is 5.66. The Balaban J connectivity index is 1.64. The van der Waals surface area contributed by atoms with Crippen LogP contribution >= 0.6 is 11.3 Å². The van der Waals surface area contributed by atoms with Gasteiger partial charge in [-0.05, 0) is 36.3 Å². The first-order valence-electron chi connectivity index (χ1n) is 8.35. The van der Waals surface area contributed by atoms with Gasteiger partial charge in [-0.1, -0.05) is 36.4 Å². The molecule has 2 heterocycles. The number of benzene rings is 1. The average Bonchev–Trinajstić information content (AvgIpc) is 3.17. The van der Waals surface area contributed by atoms with Gasteiger partial charge in [0, 0.05) is 24.6 Å². The average molecular weight is 345 g/mol. The molecule has 5 heteroatoms. The van der Waals surface area contributed by atoms with Crippen LogP contribution in [-0.4, -0.2) is 30.8 Å². The van der Waals surface area contributed by atoms with Crippen molar-refractivity contribution < 1.29 is 14.6 Å². The van der Waals surface area contributed by atoms with Gasteiger partial charge in [0.2, 0.25) is 5.91 Å². The number of carbonyl (C=O) groups is 1. The van der Waals surface area contributed by atoms with E-state index in [1.54, 1.807) is 0 Å². The monoisotopic (exact) mass is 345 g/mol. The first-order chi connectivity index (χ1) is 11.7. The van der Waals surface area contributed by atoms with Crippen molar-refractivity contribution in [3.63, 3.8) is 0 Å². The summed E-state index contributed by atoms with van der Waals surface area (Å²) in [7, 11) is 0. The van der Waals surface area contributed by atoms with Gasteiger partial charge in [0.25, 0.3) is 0 Å². The van der Waals surface area contributed by atoms with Crippen molar-refractivity contribution in [3.8, 4) is 0 Å². The van der Waals surface area contributed by atoms with Gasteiger partial charge in [0.15, 0.2) is 0 Å². The van der Waals surface area contributed by atoms with Crippen molar-refractivity contribution in [3.05, 3.63) is 58.3 Å². The maximum atomic E-state index is 12.9. The molecule has 3 rings (SSSR count). The first-order valence-corrected chi connectivity index (χ1v) is 9.23. The summed E-state index contributed by atoms with van der Waals surface area (Å²) < 4.78 is 5.47. The third kappa shape index (κ3) is 3.69. The van der Waals surface area contributed by atoms with E-state index >= 15 is 0 Å². The summed E-state index contributed by atoms with van der Waals surface area (Å²) in [5.74, 6) is 0.0374. The van der Waals surface area contributed by atoms with Crippen molar-refractivity contribution in [2.75, 3.05) is 19.8 Å². The van der Waals surface area contributed by atoms with Crippen LogP contribution in [0, 0.1) is 0 Å². The number of aliphatic hydroxyl groups is 1. The summed E-state index contributed by atoms with van der Waals surface area (Å²) in [6, 6.07) is 13.8. The van der Waals surface area contributed by atoms with Gasteiger partial charge >= 0.3 is 0 Å². The highest BCUT2D eigenvalue weighted by molar-refractivity contribution is 7.10. The summed E-state index contributed by atoms with van der Waals surface area (Å²) in [5.41, 5.74) is 0.525. The Morgan fingerprint density at radius 1 is 1.21 bits per heavy atom. The quantitative estimate of drug-likeness (QED) is 0.846. The van der Waals surface area contributed by atoms with Gasteiger partial charge in [-0.15, -0.1) is 11.3 Å². The highest BCUT2D eigenvalue weighted by Crippen LogP contribution is 2.35. The molecule has 0 bridgehead atoms. The van der Waals surface area contributed by atoms with Gasteiger partial charge in [-0.3, -0.25) is 4.79 Å². The molecule has 1 amide bonds. The van der Waals surface area contributed by atoms with Crippen LogP contribution < -0.4 is 5.32 Å². The number of rotatable bonds is 6. The molecule has 1 aliphatic heterocycles. The van der Waals surface area contributed by atoms with E-state index in [0.29, 0.717) is 39.0 Å². The van der Waals surface area contributed by atoms with E-state index in [4.69, 9.17) is 4.74 Å². The fourth-order valence-electron chi connectivity index (χ4n) is 3.24. The summed E-state index contributed by atoms with van der Waals surface area (Å²) in [5, 5.41) is 15.1. The molecule has 0 aliphatic carbocycles. The zero-order valence-corrected chi connectivity index (χ0v) is 14.4. The Hall–Kier alpha value is -1.69. The molecular formula is C19H23NO3S. The molecule has 128 valence electrons. The summed E-state index contributed by atoms with van der Waals surface area (Å²) in [4.78, 5) is 13.9. The SMILES string of the molecule is O=C(NCC[C@@H](O)c1cccs1)C1(c2ccccc2)CCOCC1. The van der Waals surface area contributed by atoms with E-state index in [9.17, 15) is 9.90 Å². The molecule has 4 nitrogen and oxygen atoms in total. The zero-order chi connectivity index (χ0) is 16.8. The first kappa shape index (κ1) is 17.1. The van der Waals surface area contributed by atoms with E-state index in [0.717, 1.165) is 10.4 Å². The summed E-state index contributed by atoms with van der Waals surface area (Å²) >= 11 is 1.53. The molecule has 24 heavy (non-hydrogen) atoms. The van der Waals surface area contributed by atoms with Crippen LogP contribution in [0.4, 0.5) is 0 Å². The van der Waals surface area contributed by atoms with Gasteiger partial charge in [-0.2, -0.15) is 0 Å². The Labute approximate surface area is 146 Å². The standard InChI is InChI=1S/C19H23NO3S/c21-16(17-7-4-14-24-17)8-11-20-18(22)19(9-12-23-13-10-19)15-5-2-1-3-6-15/h1-7,14,16,21H,8-13H2,(H,20,22)/t16-/m1/s1. The van der Waals surface area contributed by atoms with Gasteiger partial charge in [-0.25, -0.2) is 0 Å². The second-order valence-corrected chi connectivity index (χ2v) is 7.12. The van der Waals surface area contributed by atoms with Crippen molar-refractivity contribution in [2.24, 2.45) is 0 Å². The molecule has 0 spiro atoms. The third-order valence-corrected chi connectivity index (χ3v) is 5.66. The summed E-state index contributed by atoms with van der Waals surface area (Å²) in [6.07, 6.45) is 1.38. The smallest absolute Gasteiger partial charge is 0.230 e. The molecule has 1 aromatic carbocycles. The zero-order valence-electron chi connectivity index (χ0n) is 13.6. The largest absolute Gasteiger partial charge is 0.388 e. The third-order valence-electron chi connectivity index (χ3n) is 4.68. The van der Waals surface area contributed by atoms with Gasteiger partial charge in [0.05, 0.1) is 11.5 Å². The lowest BCUT2D eigenvalue weighted by Crippen LogP contribution is -2.48. The lowest BCUT2D eigenvalue weighted by molar-refractivity contribution is -0.130. The van der Waals surface area contributed by atoms with Crippen LogP contribution in [0.5, 0.6) is 0 Å². The van der Waals surface area contributed by atoms with E-state index in [1.165, 1.54) is 11.3 Å².